The lowest BCUT2D eigenvalue weighted by Crippen LogP contribution is -2.33. The third-order valence-electron chi connectivity index (χ3n) is 3.04. The average Bonchev–Trinajstić information content (AvgIpc) is 2.84. The van der Waals surface area contributed by atoms with Gasteiger partial charge in [0.2, 0.25) is 10.0 Å². The van der Waals surface area contributed by atoms with Crippen LogP contribution in [0.15, 0.2) is 11.4 Å². The molecule has 1 aliphatic rings. The van der Waals surface area contributed by atoms with Crippen LogP contribution < -0.4 is 4.74 Å². The first kappa shape index (κ1) is 13.5. The first-order chi connectivity index (χ1) is 8.42. The van der Waals surface area contributed by atoms with Crippen molar-refractivity contribution in [2.24, 2.45) is 0 Å². The number of likely N-dealkylation sites (N-methyl/N-ethyl adjacent to an activating group) is 1. The molecule has 7 heteroatoms. The van der Waals surface area contributed by atoms with E-state index in [2.05, 4.69) is 0 Å². The Labute approximate surface area is 110 Å². The highest BCUT2D eigenvalue weighted by Gasteiger charge is 2.34. The Hall–Kier alpha value is -0.920. The Morgan fingerprint density at radius 3 is 2.89 bits per heavy atom. The standard InChI is InChI=1S/C11H15NO4S2/c1-8(13)11-10(3-5-17-11)16-7-9-4-6-18(14,15)12(9)2/h3,5,9H,4,6-7H2,1-2H3. The minimum atomic E-state index is -3.10. The highest BCUT2D eigenvalue weighted by atomic mass is 32.2. The molecule has 18 heavy (non-hydrogen) atoms. The number of hydrogen-bond acceptors (Lipinski definition) is 5. The van der Waals surface area contributed by atoms with E-state index in [1.165, 1.54) is 22.6 Å². The second-order valence-corrected chi connectivity index (χ2v) is 7.32. The molecule has 0 spiro atoms. The number of thiophene rings is 1. The number of Topliss-reactive ketones (excluding diaryl/α,β-unsaturated/α-hetero) is 1. The predicted octanol–water partition coefficient (Wildman–Crippen LogP) is 1.36. The maximum Gasteiger partial charge on any atom is 0.214 e. The van der Waals surface area contributed by atoms with Crippen LogP contribution in [0.2, 0.25) is 0 Å². The third kappa shape index (κ3) is 2.57. The van der Waals surface area contributed by atoms with Crippen LogP contribution in [0, 0.1) is 0 Å². The number of sulfonamides is 1. The molecule has 0 saturated carbocycles. The fourth-order valence-corrected chi connectivity index (χ4v) is 4.10. The molecule has 0 aliphatic carbocycles. The van der Waals surface area contributed by atoms with Gasteiger partial charge in [0.1, 0.15) is 17.2 Å². The molecule has 1 atom stereocenters. The fourth-order valence-electron chi connectivity index (χ4n) is 1.88. The number of carbonyl (C=O) groups is 1. The van der Waals surface area contributed by atoms with Crippen LogP contribution in [0.4, 0.5) is 0 Å². The van der Waals surface area contributed by atoms with E-state index >= 15 is 0 Å². The molecule has 0 N–H and O–H groups in total. The quantitative estimate of drug-likeness (QED) is 0.785. The number of hydrogen-bond donors (Lipinski definition) is 0. The first-order valence-corrected chi connectivity index (χ1v) is 8.07. The lowest BCUT2D eigenvalue weighted by atomic mass is 10.2. The van der Waals surface area contributed by atoms with Crippen molar-refractivity contribution in [1.82, 2.24) is 4.31 Å². The van der Waals surface area contributed by atoms with Gasteiger partial charge < -0.3 is 4.74 Å². The lowest BCUT2D eigenvalue weighted by molar-refractivity contribution is 0.101. The molecular weight excluding hydrogens is 274 g/mol. The van der Waals surface area contributed by atoms with Gasteiger partial charge in [0.05, 0.1) is 11.8 Å². The van der Waals surface area contributed by atoms with Crippen LogP contribution >= 0.6 is 11.3 Å². The topological polar surface area (TPSA) is 63.7 Å². The van der Waals surface area contributed by atoms with Crippen LogP contribution in [0.1, 0.15) is 23.0 Å². The molecule has 2 rings (SSSR count). The van der Waals surface area contributed by atoms with Gasteiger partial charge in [-0.25, -0.2) is 8.42 Å². The zero-order valence-corrected chi connectivity index (χ0v) is 11.9. The zero-order valence-electron chi connectivity index (χ0n) is 10.3. The van der Waals surface area contributed by atoms with Crippen LogP contribution in [-0.2, 0) is 10.0 Å². The Bertz CT molecular complexity index is 549. The molecule has 1 unspecified atom stereocenters. The molecule has 100 valence electrons. The zero-order chi connectivity index (χ0) is 13.3. The molecule has 1 aromatic rings. The molecule has 1 saturated heterocycles. The van der Waals surface area contributed by atoms with Gasteiger partial charge in [-0.1, -0.05) is 0 Å². The Kier molecular flexibility index (Phi) is 3.74. The van der Waals surface area contributed by atoms with Crippen molar-refractivity contribution >= 4 is 27.1 Å². The molecule has 2 heterocycles. The summed E-state index contributed by atoms with van der Waals surface area (Å²) in [5, 5.41) is 1.79. The van der Waals surface area contributed by atoms with Gasteiger partial charge in [-0.05, 0) is 17.9 Å². The van der Waals surface area contributed by atoms with Crippen molar-refractivity contribution in [2.75, 3.05) is 19.4 Å². The van der Waals surface area contributed by atoms with Crippen molar-refractivity contribution in [3.05, 3.63) is 16.3 Å². The number of ether oxygens (including phenoxy) is 1. The van der Waals surface area contributed by atoms with Crippen LogP contribution in [0.3, 0.4) is 0 Å². The molecule has 1 aromatic heterocycles. The van der Waals surface area contributed by atoms with E-state index in [4.69, 9.17) is 4.74 Å². The van der Waals surface area contributed by atoms with Crippen molar-refractivity contribution in [1.29, 1.82) is 0 Å². The van der Waals surface area contributed by atoms with Crippen molar-refractivity contribution in [2.45, 2.75) is 19.4 Å². The van der Waals surface area contributed by atoms with E-state index in [0.717, 1.165) is 0 Å². The SMILES string of the molecule is CC(=O)c1sccc1OCC1CCS(=O)(=O)N1C. The van der Waals surface area contributed by atoms with Gasteiger partial charge in [0, 0.05) is 14.0 Å². The predicted molar refractivity (Wildman–Crippen MR) is 69.8 cm³/mol. The summed E-state index contributed by atoms with van der Waals surface area (Å²) in [6, 6.07) is 1.60. The maximum absolute atomic E-state index is 11.5. The minimum Gasteiger partial charge on any atom is -0.490 e. The van der Waals surface area contributed by atoms with E-state index in [0.29, 0.717) is 17.0 Å². The number of carbonyl (C=O) groups excluding carboxylic acids is 1. The molecule has 0 radical (unpaired) electrons. The van der Waals surface area contributed by atoms with E-state index in [1.807, 2.05) is 0 Å². The summed E-state index contributed by atoms with van der Waals surface area (Å²) in [5.74, 6) is 0.679. The Morgan fingerprint density at radius 1 is 1.61 bits per heavy atom. The summed E-state index contributed by atoms with van der Waals surface area (Å²) < 4.78 is 30.0. The summed E-state index contributed by atoms with van der Waals surface area (Å²) in [7, 11) is -1.54. The second-order valence-electron chi connectivity index (χ2n) is 4.26. The molecular formula is C11H15NO4S2. The van der Waals surface area contributed by atoms with Crippen LogP contribution in [-0.4, -0.2) is 44.0 Å². The Morgan fingerprint density at radius 2 is 2.33 bits per heavy atom. The number of rotatable bonds is 4. The third-order valence-corrected chi connectivity index (χ3v) is 5.97. The monoisotopic (exact) mass is 289 g/mol. The summed E-state index contributed by atoms with van der Waals surface area (Å²) >= 11 is 1.33. The fraction of sp³-hybridized carbons (Fsp3) is 0.545. The summed E-state index contributed by atoms with van der Waals surface area (Å²) in [6.45, 7) is 1.78. The smallest absolute Gasteiger partial charge is 0.214 e. The summed E-state index contributed by atoms with van der Waals surface area (Å²) in [5.41, 5.74) is 0. The normalized spacial score (nSPS) is 23.1. The van der Waals surface area contributed by atoms with E-state index < -0.39 is 10.0 Å². The van der Waals surface area contributed by atoms with E-state index in [-0.39, 0.29) is 24.2 Å². The van der Waals surface area contributed by atoms with Gasteiger partial charge in [-0.15, -0.1) is 11.3 Å². The van der Waals surface area contributed by atoms with Crippen LogP contribution in [0.25, 0.3) is 0 Å². The van der Waals surface area contributed by atoms with E-state index in [1.54, 1.807) is 18.5 Å². The lowest BCUT2D eigenvalue weighted by Gasteiger charge is -2.18. The largest absolute Gasteiger partial charge is 0.490 e. The minimum absolute atomic E-state index is 0.0348. The van der Waals surface area contributed by atoms with E-state index in [9.17, 15) is 13.2 Å². The average molecular weight is 289 g/mol. The molecule has 1 aliphatic heterocycles. The second kappa shape index (κ2) is 4.99. The van der Waals surface area contributed by atoms with Gasteiger partial charge in [0.25, 0.3) is 0 Å². The molecule has 0 bridgehead atoms. The van der Waals surface area contributed by atoms with Gasteiger partial charge >= 0.3 is 0 Å². The van der Waals surface area contributed by atoms with Crippen molar-refractivity contribution < 1.29 is 17.9 Å². The highest BCUT2D eigenvalue weighted by Crippen LogP contribution is 2.27. The molecule has 1 fully saturated rings. The number of ketones is 1. The van der Waals surface area contributed by atoms with Crippen LogP contribution in [0.5, 0.6) is 5.75 Å². The number of nitrogens with zero attached hydrogens (tertiary/aromatic N) is 1. The summed E-state index contributed by atoms with van der Waals surface area (Å²) in [6.07, 6.45) is 0.568. The van der Waals surface area contributed by atoms with Crippen molar-refractivity contribution in [3.63, 3.8) is 0 Å². The van der Waals surface area contributed by atoms with Crippen molar-refractivity contribution in [3.8, 4) is 5.75 Å². The van der Waals surface area contributed by atoms with Gasteiger partial charge in [-0.2, -0.15) is 4.31 Å². The molecule has 0 amide bonds. The highest BCUT2D eigenvalue weighted by molar-refractivity contribution is 7.89. The molecule has 0 aromatic carbocycles. The maximum atomic E-state index is 11.5. The first-order valence-electron chi connectivity index (χ1n) is 5.59. The molecule has 5 nitrogen and oxygen atoms in total. The summed E-state index contributed by atoms with van der Waals surface area (Å²) in [4.78, 5) is 11.9. The van der Waals surface area contributed by atoms with Gasteiger partial charge in [-0.3, -0.25) is 4.79 Å². The van der Waals surface area contributed by atoms with Gasteiger partial charge in [0.15, 0.2) is 5.78 Å². The Balaban J connectivity index is 2.01.